The molecule has 1 aromatic rings. The van der Waals surface area contributed by atoms with E-state index in [2.05, 4.69) is 5.32 Å². The van der Waals surface area contributed by atoms with E-state index >= 15 is 0 Å². The third-order valence-corrected chi connectivity index (χ3v) is 2.69. The summed E-state index contributed by atoms with van der Waals surface area (Å²) in [4.78, 5) is 11.3. The summed E-state index contributed by atoms with van der Waals surface area (Å²) < 4.78 is 5.68. The molecular formula is C14H22N2O2. The number of benzene rings is 1. The SMILES string of the molecule is Cc1cccc(C)c1OCCNC(=O)CCCN. The van der Waals surface area contributed by atoms with Crippen LogP contribution in [0.15, 0.2) is 18.2 Å². The molecule has 0 aliphatic carbocycles. The van der Waals surface area contributed by atoms with Crippen LogP contribution in [-0.4, -0.2) is 25.6 Å². The van der Waals surface area contributed by atoms with Crippen LogP contribution < -0.4 is 15.8 Å². The van der Waals surface area contributed by atoms with Crippen molar-refractivity contribution >= 4 is 5.91 Å². The molecule has 0 saturated heterocycles. The fourth-order valence-electron chi connectivity index (χ4n) is 1.72. The van der Waals surface area contributed by atoms with Crippen LogP contribution in [0.4, 0.5) is 0 Å². The van der Waals surface area contributed by atoms with Gasteiger partial charge in [-0.1, -0.05) is 18.2 Å². The van der Waals surface area contributed by atoms with Gasteiger partial charge in [0.1, 0.15) is 12.4 Å². The fourth-order valence-corrected chi connectivity index (χ4v) is 1.72. The number of carbonyl (C=O) groups excluding carboxylic acids is 1. The zero-order valence-corrected chi connectivity index (χ0v) is 11.2. The van der Waals surface area contributed by atoms with Crippen LogP contribution >= 0.6 is 0 Å². The van der Waals surface area contributed by atoms with Gasteiger partial charge in [0.05, 0.1) is 6.54 Å². The van der Waals surface area contributed by atoms with Crippen LogP contribution in [-0.2, 0) is 4.79 Å². The number of amides is 1. The van der Waals surface area contributed by atoms with Crippen molar-refractivity contribution in [2.45, 2.75) is 26.7 Å². The minimum atomic E-state index is 0.0329. The first-order valence-corrected chi connectivity index (χ1v) is 6.31. The molecular weight excluding hydrogens is 228 g/mol. The number of carbonyl (C=O) groups is 1. The smallest absolute Gasteiger partial charge is 0.220 e. The number of nitrogens with two attached hydrogens (primary N) is 1. The highest BCUT2D eigenvalue weighted by Gasteiger charge is 2.03. The first-order valence-electron chi connectivity index (χ1n) is 6.31. The molecule has 0 unspecified atom stereocenters. The predicted molar refractivity (Wildman–Crippen MR) is 72.7 cm³/mol. The monoisotopic (exact) mass is 250 g/mol. The second-order valence-corrected chi connectivity index (χ2v) is 4.31. The van der Waals surface area contributed by atoms with Gasteiger partial charge in [-0.15, -0.1) is 0 Å². The van der Waals surface area contributed by atoms with Gasteiger partial charge in [0.2, 0.25) is 5.91 Å². The standard InChI is InChI=1S/C14H22N2O2/c1-11-5-3-6-12(2)14(11)18-10-9-16-13(17)7-4-8-15/h3,5-6H,4,7-10,15H2,1-2H3,(H,16,17). The van der Waals surface area contributed by atoms with E-state index < -0.39 is 0 Å². The Morgan fingerprint density at radius 1 is 1.33 bits per heavy atom. The molecule has 0 aliphatic rings. The number of hydrogen-bond donors (Lipinski definition) is 2. The zero-order chi connectivity index (χ0) is 13.4. The summed E-state index contributed by atoms with van der Waals surface area (Å²) in [7, 11) is 0. The lowest BCUT2D eigenvalue weighted by atomic mass is 10.1. The van der Waals surface area contributed by atoms with Gasteiger partial charge in [-0.25, -0.2) is 0 Å². The zero-order valence-electron chi connectivity index (χ0n) is 11.2. The van der Waals surface area contributed by atoms with Crippen LogP contribution in [0.1, 0.15) is 24.0 Å². The number of aryl methyl sites for hydroxylation is 2. The number of hydrogen-bond acceptors (Lipinski definition) is 3. The molecule has 0 atom stereocenters. The highest BCUT2D eigenvalue weighted by atomic mass is 16.5. The highest BCUT2D eigenvalue weighted by Crippen LogP contribution is 2.21. The first-order chi connectivity index (χ1) is 8.65. The van der Waals surface area contributed by atoms with Crippen LogP contribution in [0.25, 0.3) is 0 Å². The molecule has 4 nitrogen and oxygen atoms in total. The van der Waals surface area contributed by atoms with E-state index in [0.717, 1.165) is 23.3 Å². The number of para-hydroxylation sites is 1. The summed E-state index contributed by atoms with van der Waals surface area (Å²) in [5.41, 5.74) is 7.57. The second kappa shape index (κ2) is 7.71. The summed E-state index contributed by atoms with van der Waals surface area (Å²) >= 11 is 0. The maximum Gasteiger partial charge on any atom is 0.220 e. The predicted octanol–water partition coefficient (Wildman–Crippen LogP) is 1.54. The number of rotatable bonds is 7. The molecule has 0 spiro atoms. The molecule has 0 aromatic heterocycles. The van der Waals surface area contributed by atoms with Gasteiger partial charge in [0.15, 0.2) is 0 Å². The van der Waals surface area contributed by atoms with E-state index in [9.17, 15) is 4.79 Å². The molecule has 1 rings (SSSR count). The third kappa shape index (κ3) is 4.75. The minimum Gasteiger partial charge on any atom is -0.491 e. The van der Waals surface area contributed by atoms with Crippen molar-refractivity contribution in [3.8, 4) is 5.75 Å². The van der Waals surface area contributed by atoms with Gasteiger partial charge in [0, 0.05) is 6.42 Å². The van der Waals surface area contributed by atoms with Crippen LogP contribution in [0, 0.1) is 13.8 Å². The molecule has 1 amide bonds. The van der Waals surface area contributed by atoms with Gasteiger partial charge < -0.3 is 15.8 Å². The van der Waals surface area contributed by atoms with Crippen molar-refractivity contribution in [2.75, 3.05) is 19.7 Å². The lowest BCUT2D eigenvalue weighted by Crippen LogP contribution is -2.28. The van der Waals surface area contributed by atoms with Crippen molar-refractivity contribution < 1.29 is 9.53 Å². The van der Waals surface area contributed by atoms with Crippen molar-refractivity contribution in [3.05, 3.63) is 29.3 Å². The maximum atomic E-state index is 11.3. The van der Waals surface area contributed by atoms with Crippen molar-refractivity contribution in [3.63, 3.8) is 0 Å². The van der Waals surface area contributed by atoms with Crippen LogP contribution in [0.5, 0.6) is 5.75 Å². The Balaban J connectivity index is 2.28. The first kappa shape index (κ1) is 14.5. The highest BCUT2D eigenvalue weighted by molar-refractivity contribution is 5.75. The van der Waals surface area contributed by atoms with E-state index in [1.54, 1.807) is 0 Å². The summed E-state index contributed by atoms with van der Waals surface area (Å²) in [6.07, 6.45) is 1.21. The summed E-state index contributed by atoms with van der Waals surface area (Å²) in [5, 5.41) is 2.81. The van der Waals surface area contributed by atoms with Crippen molar-refractivity contribution in [1.82, 2.24) is 5.32 Å². The molecule has 0 bridgehead atoms. The molecule has 3 N–H and O–H groups in total. The van der Waals surface area contributed by atoms with E-state index in [1.807, 2.05) is 32.0 Å². The molecule has 100 valence electrons. The van der Waals surface area contributed by atoms with Crippen LogP contribution in [0.3, 0.4) is 0 Å². The molecule has 0 heterocycles. The van der Waals surface area contributed by atoms with E-state index in [-0.39, 0.29) is 5.91 Å². The second-order valence-electron chi connectivity index (χ2n) is 4.31. The Hall–Kier alpha value is -1.55. The van der Waals surface area contributed by atoms with Gasteiger partial charge in [-0.05, 0) is 37.9 Å². The average Bonchev–Trinajstić information content (AvgIpc) is 2.35. The minimum absolute atomic E-state index is 0.0329. The topological polar surface area (TPSA) is 64.3 Å². The molecule has 1 aromatic carbocycles. The lowest BCUT2D eigenvalue weighted by Gasteiger charge is -2.12. The van der Waals surface area contributed by atoms with Crippen molar-refractivity contribution in [2.24, 2.45) is 5.73 Å². The summed E-state index contributed by atoms with van der Waals surface area (Å²) in [6, 6.07) is 6.04. The van der Waals surface area contributed by atoms with Crippen molar-refractivity contribution in [1.29, 1.82) is 0 Å². The average molecular weight is 250 g/mol. The number of ether oxygens (including phenoxy) is 1. The Morgan fingerprint density at radius 2 is 2.00 bits per heavy atom. The summed E-state index contributed by atoms with van der Waals surface area (Å²) in [6.45, 7) is 5.59. The molecule has 0 saturated carbocycles. The maximum absolute atomic E-state index is 11.3. The quantitative estimate of drug-likeness (QED) is 0.721. The van der Waals surface area contributed by atoms with E-state index in [0.29, 0.717) is 26.1 Å². The summed E-state index contributed by atoms with van der Waals surface area (Å²) in [5.74, 6) is 0.944. The Labute approximate surface area is 109 Å². The van der Waals surface area contributed by atoms with E-state index in [1.165, 1.54) is 0 Å². The van der Waals surface area contributed by atoms with Gasteiger partial charge in [0.25, 0.3) is 0 Å². The molecule has 18 heavy (non-hydrogen) atoms. The third-order valence-electron chi connectivity index (χ3n) is 2.69. The molecule has 0 fully saturated rings. The number of nitrogens with one attached hydrogen (secondary N) is 1. The largest absolute Gasteiger partial charge is 0.491 e. The molecule has 4 heteroatoms. The Kier molecular flexibility index (Phi) is 6.22. The molecule has 0 radical (unpaired) electrons. The molecule has 0 aliphatic heterocycles. The van der Waals surface area contributed by atoms with Crippen LogP contribution in [0.2, 0.25) is 0 Å². The van der Waals surface area contributed by atoms with Gasteiger partial charge >= 0.3 is 0 Å². The normalized spacial score (nSPS) is 10.2. The fraction of sp³-hybridized carbons (Fsp3) is 0.500. The van der Waals surface area contributed by atoms with E-state index in [4.69, 9.17) is 10.5 Å². The van der Waals surface area contributed by atoms with Gasteiger partial charge in [-0.3, -0.25) is 4.79 Å². The Morgan fingerprint density at radius 3 is 2.61 bits per heavy atom. The Bertz CT molecular complexity index is 371. The lowest BCUT2D eigenvalue weighted by molar-refractivity contribution is -0.121. The van der Waals surface area contributed by atoms with Gasteiger partial charge in [-0.2, -0.15) is 0 Å².